The minimum Gasteiger partial charge on any atom is -0.481 e. The summed E-state index contributed by atoms with van der Waals surface area (Å²) in [6, 6.07) is 0. The first-order valence-corrected chi connectivity index (χ1v) is 5.47. The summed E-state index contributed by atoms with van der Waals surface area (Å²) in [4.78, 5) is 10.7. The monoisotopic (exact) mass is 180 g/mol. The lowest BCUT2D eigenvalue weighted by atomic mass is 9.55. The van der Waals surface area contributed by atoms with Crippen molar-refractivity contribution < 1.29 is 9.90 Å². The van der Waals surface area contributed by atoms with Gasteiger partial charge in [0.05, 0.1) is 0 Å². The Morgan fingerprint density at radius 1 is 1.15 bits per heavy atom. The zero-order valence-electron chi connectivity index (χ0n) is 7.78. The summed E-state index contributed by atoms with van der Waals surface area (Å²) in [5.41, 5.74) is 0. The molecule has 3 rings (SSSR count). The molecule has 3 fully saturated rings. The van der Waals surface area contributed by atoms with Gasteiger partial charge in [-0.05, 0) is 48.9 Å². The second-order valence-electron chi connectivity index (χ2n) is 5.17. The third-order valence-corrected chi connectivity index (χ3v) is 4.73. The van der Waals surface area contributed by atoms with Crippen molar-refractivity contribution in [3.8, 4) is 0 Å². The van der Waals surface area contributed by atoms with Gasteiger partial charge in [-0.2, -0.15) is 0 Å². The third kappa shape index (κ3) is 0.976. The molecule has 0 aliphatic heterocycles. The summed E-state index contributed by atoms with van der Waals surface area (Å²) in [7, 11) is 0. The van der Waals surface area contributed by atoms with Gasteiger partial charge in [0, 0.05) is 6.42 Å². The Hall–Kier alpha value is -0.530. The Balaban J connectivity index is 1.75. The zero-order valence-corrected chi connectivity index (χ0v) is 7.78. The van der Waals surface area contributed by atoms with E-state index in [2.05, 4.69) is 0 Å². The summed E-state index contributed by atoms with van der Waals surface area (Å²) < 4.78 is 0. The molecule has 13 heavy (non-hydrogen) atoms. The van der Waals surface area contributed by atoms with Gasteiger partial charge in [-0.1, -0.05) is 6.42 Å². The van der Waals surface area contributed by atoms with Crippen molar-refractivity contribution in [1.82, 2.24) is 0 Å². The lowest BCUT2D eigenvalue weighted by Crippen LogP contribution is -2.44. The molecular weight excluding hydrogens is 164 g/mol. The van der Waals surface area contributed by atoms with Crippen molar-refractivity contribution in [3.63, 3.8) is 0 Å². The first kappa shape index (κ1) is 7.84. The smallest absolute Gasteiger partial charge is 0.303 e. The Kier molecular flexibility index (Phi) is 1.50. The highest BCUT2D eigenvalue weighted by atomic mass is 16.4. The number of fused-ring (bicyclic) bond motifs is 1. The Labute approximate surface area is 78.3 Å². The molecule has 0 spiro atoms. The summed E-state index contributed by atoms with van der Waals surface area (Å²) >= 11 is 0. The third-order valence-electron chi connectivity index (χ3n) is 4.73. The number of carbonyl (C=O) groups is 1. The van der Waals surface area contributed by atoms with Gasteiger partial charge >= 0.3 is 5.97 Å². The van der Waals surface area contributed by atoms with E-state index in [0.717, 1.165) is 23.7 Å². The molecule has 0 unspecified atom stereocenters. The predicted molar refractivity (Wildman–Crippen MR) is 48.2 cm³/mol. The molecule has 0 aromatic rings. The van der Waals surface area contributed by atoms with Crippen molar-refractivity contribution in [1.29, 1.82) is 0 Å². The molecule has 0 amide bonds. The maximum absolute atomic E-state index is 10.7. The second kappa shape index (κ2) is 2.49. The molecule has 2 heteroatoms. The molecule has 3 aliphatic rings. The largest absolute Gasteiger partial charge is 0.481 e. The van der Waals surface area contributed by atoms with Crippen LogP contribution in [0.1, 0.15) is 32.1 Å². The van der Waals surface area contributed by atoms with Gasteiger partial charge in [-0.25, -0.2) is 0 Å². The van der Waals surface area contributed by atoms with Gasteiger partial charge < -0.3 is 5.11 Å². The summed E-state index contributed by atoms with van der Waals surface area (Å²) in [6.45, 7) is 0. The zero-order chi connectivity index (χ0) is 9.00. The number of hydrogen-bond donors (Lipinski definition) is 1. The molecule has 1 N–H and O–H groups in total. The minimum atomic E-state index is -0.584. The van der Waals surface area contributed by atoms with Crippen LogP contribution in [-0.2, 0) is 4.79 Å². The Morgan fingerprint density at radius 2 is 1.92 bits per heavy atom. The molecule has 3 saturated carbocycles. The van der Waals surface area contributed by atoms with Crippen LogP contribution in [0.25, 0.3) is 0 Å². The first-order chi connectivity index (χ1) is 6.25. The van der Waals surface area contributed by atoms with E-state index in [-0.39, 0.29) is 0 Å². The van der Waals surface area contributed by atoms with E-state index in [1.54, 1.807) is 0 Å². The van der Waals surface area contributed by atoms with E-state index < -0.39 is 5.97 Å². The van der Waals surface area contributed by atoms with Gasteiger partial charge in [0.2, 0.25) is 0 Å². The van der Waals surface area contributed by atoms with Crippen molar-refractivity contribution >= 4 is 5.97 Å². The maximum atomic E-state index is 10.7. The summed E-state index contributed by atoms with van der Waals surface area (Å²) in [6.07, 6.45) is 5.92. The van der Waals surface area contributed by atoms with Crippen LogP contribution in [-0.4, -0.2) is 11.1 Å². The van der Waals surface area contributed by atoms with E-state index in [1.807, 2.05) is 0 Å². The molecule has 5 atom stereocenters. The number of carboxylic acid groups (broad SMARTS) is 1. The fourth-order valence-corrected chi connectivity index (χ4v) is 4.29. The average Bonchev–Trinajstić information content (AvgIpc) is 2.26. The molecule has 2 bridgehead atoms. The Morgan fingerprint density at radius 3 is 2.69 bits per heavy atom. The van der Waals surface area contributed by atoms with Crippen LogP contribution in [0.3, 0.4) is 0 Å². The fourth-order valence-electron chi connectivity index (χ4n) is 4.29. The van der Waals surface area contributed by atoms with Gasteiger partial charge in [-0.15, -0.1) is 0 Å². The number of hydrogen-bond acceptors (Lipinski definition) is 1. The number of carboxylic acids is 1. The molecule has 2 nitrogen and oxygen atoms in total. The molecule has 3 aliphatic carbocycles. The van der Waals surface area contributed by atoms with Gasteiger partial charge in [0.15, 0.2) is 0 Å². The van der Waals surface area contributed by atoms with E-state index >= 15 is 0 Å². The highest BCUT2D eigenvalue weighted by Crippen LogP contribution is 2.64. The van der Waals surface area contributed by atoms with Crippen LogP contribution in [0.15, 0.2) is 0 Å². The van der Waals surface area contributed by atoms with E-state index in [9.17, 15) is 4.79 Å². The van der Waals surface area contributed by atoms with Gasteiger partial charge in [0.25, 0.3) is 0 Å². The van der Waals surface area contributed by atoms with Crippen LogP contribution in [0, 0.1) is 29.6 Å². The molecule has 72 valence electrons. The van der Waals surface area contributed by atoms with Crippen molar-refractivity contribution in [2.24, 2.45) is 29.6 Å². The lowest BCUT2D eigenvalue weighted by Gasteiger charge is -2.49. The molecule has 0 saturated heterocycles. The SMILES string of the molecule is O=C(O)C[C@H]1[C@@H]2CC[C@@H]3C[C@H]1[C@H]2C3. The van der Waals surface area contributed by atoms with Gasteiger partial charge in [-0.3, -0.25) is 4.79 Å². The topological polar surface area (TPSA) is 37.3 Å². The maximum Gasteiger partial charge on any atom is 0.303 e. The van der Waals surface area contributed by atoms with Gasteiger partial charge in [0.1, 0.15) is 0 Å². The number of rotatable bonds is 2. The summed E-state index contributed by atoms with van der Waals surface area (Å²) in [5, 5.41) is 8.80. The van der Waals surface area contributed by atoms with Crippen molar-refractivity contribution in [2.75, 3.05) is 0 Å². The molecule has 0 heterocycles. The highest BCUT2D eigenvalue weighted by Gasteiger charge is 2.57. The van der Waals surface area contributed by atoms with E-state index in [4.69, 9.17) is 5.11 Å². The summed E-state index contributed by atoms with van der Waals surface area (Å²) in [5.74, 6) is 3.45. The van der Waals surface area contributed by atoms with Crippen LogP contribution in [0.2, 0.25) is 0 Å². The van der Waals surface area contributed by atoms with Crippen LogP contribution >= 0.6 is 0 Å². The Bertz CT molecular complexity index is 242. The lowest BCUT2D eigenvalue weighted by molar-refractivity contribution is -0.142. The number of aliphatic carboxylic acids is 1. The second-order valence-corrected chi connectivity index (χ2v) is 5.17. The van der Waals surface area contributed by atoms with Crippen LogP contribution < -0.4 is 0 Å². The van der Waals surface area contributed by atoms with Crippen LogP contribution in [0.5, 0.6) is 0 Å². The molecule has 0 aromatic heterocycles. The molecular formula is C11H16O2. The molecule has 0 radical (unpaired) electrons. The average molecular weight is 180 g/mol. The van der Waals surface area contributed by atoms with Crippen molar-refractivity contribution in [3.05, 3.63) is 0 Å². The normalized spacial score (nSPS) is 51.5. The van der Waals surface area contributed by atoms with Crippen molar-refractivity contribution in [2.45, 2.75) is 32.1 Å². The van der Waals surface area contributed by atoms with E-state index in [0.29, 0.717) is 12.3 Å². The predicted octanol–water partition coefficient (Wildman–Crippen LogP) is 2.14. The minimum absolute atomic E-state index is 0.443. The standard InChI is InChI=1S/C11H16O2/c12-11(13)5-10-7-2-1-6-3-8(7)9(10)4-6/h6-10H,1-5H2,(H,12,13)/t6-,7+,8-,9-,10-/m0/s1. The first-order valence-electron chi connectivity index (χ1n) is 5.47. The van der Waals surface area contributed by atoms with E-state index in [1.165, 1.54) is 25.7 Å². The van der Waals surface area contributed by atoms with Crippen LogP contribution in [0.4, 0.5) is 0 Å². The molecule has 0 aromatic carbocycles. The fraction of sp³-hybridized carbons (Fsp3) is 0.909. The highest BCUT2D eigenvalue weighted by molar-refractivity contribution is 5.67. The quantitative estimate of drug-likeness (QED) is 0.707.